The molecular formula is C28H21BrClFN4O4S. The van der Waals surface area contributed by atoms with Crippen LogP contribution < -0.4 is 9.47 Å². The van der Waals surface area contributed by atoms with Crippen LogP contribution in [0.5, 0.6) is 11.6 Å². The number of hydrogen-bond acceptors (Lipinski definition) is 9. The lowest BCUT2D eigenvalue weighted by molar-refractivity contribution is -0.151. The van der Waals surface area contributed by atoms with E-state index in [4.69, 9.17) is 25.8 Å². The van der Waals surface area contributed by atoms with E-state index in [1.54, 1.807) is 37.4 Å². The molecule has 204 valence electrons. The molecule has 0 saturated heterocycles. The maximum absolute atomic E-state index is 13.5. The fourth-order valence-electron chi connectivity index (χ4n) is 3.91. The summed E-state index contributed by atoms with van der Waals surface area (Å²) in [5.74, 6) is -0.101. The summed E-state index contributed by atoms with van der Waals surface area (Å²) in [7, 11) is 0. The van der Waals surface area contributed by atoms with Crippen molar-refractivity contribution in [3.05, 3.63) is 94.0 Å². The zero-order valence-electron chi connectivity index (χ0n) is 21.0. The molecule has 3 aromatic heterocycles. The van der Waals surface area contributed by atoms with Gasteiger partial charge in [0.15, 0.2) is 0 Å². The molecule has 0 aliphatic carbocycles. The van der Waals surface area contributed by atoms with Crippen LogP contribution in [-0.4, -0.2) is 38.6 Å². The first-order valence-electron chi connectivity index (χ1n) is 12.1. The zero-order valence-corrected chi connectivity index (χ0v) is 24.2. The first-order chi connectivity index (χ1) is 19.4. The minimum Gasteiger partial charge on any atom is -0.487 e. The number of esters is 1. The zero-order chi connectivity index (χ0) is 28.1. The van der Waals surface area contributed by atoms with Crippen molar-refractivity contribution < 1.29 is 23.4 Å². The van der Waals surface area contributed by atoms with Gasteiger partial charge in [0.1, 0.15) is 29.3 Å². The number of para-hydroxylation sites is 1. The maximum atomic E-state index is 13.5. The molecule has 0 aliphatic rings. The van der Waals surface area contributed by atoms with E-state index in [1.807, 2.05) is 18.2 Å². The van der Waals surface area contributed by atoms with Gasteiger partial charge >= 0.3 is 5.97 Å². The van der Waals surface area contributed by atoms with Gasteiger partial charge in [-0.3, -0.25) is 0 Å². The number of carbonyl (C=O) groups is 1. The number of ether oxygens (including phenoxy) is 3. The second kappa shape index (κ2) is 12.7. The summed E-state index contributed by atoms with van der Waals surface area (Å²) in [5.41, 5.74) is 2.14. The normalized spacial score (nSPS) is 11.8. The Balaban J connectivity index is 1.44. The molecule has 0 N–H and O–H groups in total. The predicted octanol–water partition coefficient (Wildman–Crippen LogP) is 6.84. The summed E-state index contributed by atoms with van der Waals surface area (Å²) in [6, 6.07) is 15.2. The third kappa shape index (κ3) is 6.38. The Morgan fingerprint density at radius 2 is 1.90 bits per heavy atom. The highest BCUT2D eigenvalue weighted by Gasteiger charge is 2.27. The number of carbonyl (C=O) groups excluding carboxylic acids is 1. The number of thiophene rings is 1. The Hall–Kier alpha value is -3.67. The molecule has 3 heterocycles. The molecule has 5 aromatic rings. The standard InChI is InChI=1S/C28H21BrClFN4O4S/c1-2-37-27(36)21(13-17-5-3-4-6-20(17)38-14-19-11-12-32-28(30)35-19)39-25-22-23(29)24(40-26(22)34-15-33-25)16-7-9-18(31)10-8-16/h3-12,15,21H,2,13-14H2,1H3/t21-/m1/s1. The highest BCUT2D eigenvalue weighted by Crippen LogP contribution is 2.44. The van der Waals surface area contributed by atoms with Crippen molar-refractivity contribution in [2.45, 2.75) is 26.1 Å². The third-order valence-corrected chi connectivity index (χ3v) is 8.13. The molecule has 1 atom stereocenters. The largest absolute Gasteiger partial charge is 0.487 e. The molecule has 8 nitrogen and oxygen atoms in total. The van der Waals surface area contributed by atoms with Crippen molar-refractivity contribution in [3.63, 3.8) is 0 Å². The predicted molar refractivity (Wildman–Crippen MR) is 153 cm³/mol. The van der Waals surface area contributed by atoms with Crippen molar-refractivity contribution in [1.82, 2.24) is 19.9 Å². The highest BCUT2D eigenvalue weighted by atomic mass is 79.9. The highest BCUT2D eigenvalue weighted by molar-refractivity contribution is 9.10. The molecule has 2 aromatic carbocycles. The number of fused-ring (bicyclic) bond motifs is 1. The smallest absolute Gasteiger partial charge is 0.347 e. The van der Waals surface area contributed by atoms with E-state index in [-0.39, 0.29) is 36.6 Å². The summed E-state index contributed by atoms with van der Waals surface area (Å²) in [5, 5.41) is 0.731. The SMILES string of the molecule is CCOC(=O)[C@@H](Cc1ccccc1OCc1ccnc(Cl)n1)Oc1ncnc2sc(-c3ccc(F)cc3)c(Br)c12. The molecular weight excluding hydrogens is 623 g/mol. The fraction of sp³-hybridized carbons (Fsp3) is 0.179. The van der Waals surface area contributed by atoms with Gasteiger partial charge in [0.05, 0.1) is 27.0 Å². The van der Waals surface area contributed by atoms with E-state index >= 15 is 0 Å². The van der Waals surface area contributed by atoms with Crippen LogP contribution in [0.15, 0.2) is 71.6 Å². The topological polar surface area (TPSA) is 96.3 Å². The molecule has 0 aliphatic heterocycles. The summed E-state index contributed by atoms with van der Waals surface area (Å²) in [6.07, 6.45) is 2.05. The van der Waals surface area contributed by atoms with E-state index in [0.29, 0.717) is 26.1 Å². The monoisotopic (exact) mass is 642 g/mol. The van der Waals surface area contributed by atoms with Gasteiger partial charge < -0.3 is 14.2 Å². The lowest BCUT2D eigenvalue weighted by Gasteiger charge is -2.19. The summed E-state index contributed by atoms with van der Waals surface area (Å²) in [4.78, 5) is 31.3. The minimum atomic E-state index is -1.03. The second-order valence-electron chi connectivity index (χ2n) is 8.39. The lowest BCUT2D eigenvalue weighted by Crippen LogP contribution is -2.32. The molecule has 0 spiro atoms. The van der Waals surface area contributed by atoms with Gasteiger partial charge in [-0.25, -0.2) is 29.1 Å². The van der Waals surface area contributed by atoms with Crippen LogP contribution in [0, 0.1) is 5.82 Å². The molecule has 0 saturated carbocycles. The van der Waals surface area contributed by atoms with Crippen molar-refractivity contribution in [2.75, 3.05) is 6.61 Å². The van der Waals surface area contributed by atoms with E-state index in [9.17, 15) is 9.18 Å². The third-order valence-electron chi connectivity index (χ3n) is 5.74. The van der Waals surface area contributed by atoms with Crippen molar-refractivity contribution >= 4 is 55.1 Å². The number of hydrogen-bond donors (Lipinski definition) is 0. The molecule has 0 bridgehead atoms. The molecule has 5 rings (SSSR count). The Bertz CT molecular complexity index is 1650. The Morgan fingerprint density at radius 1 is 1.10 bits per heavy atom. The Kier molecular flexibility index (Phi) is 8.83. The van der Waals surface area contributed by atoms with Crippen molar-refractivity contribution in [3.8, 4) is 22.1 Å². The van der Waals surface area contributed by atoms with E-state index in [1.165, 1.54) is 29.8 Å². The Morgan fingerprint density at radius 3 is 2.67 bits per heavy atom. The molecule has 0 unspecified atom stereocenters. The second-order valence-corrected chi connectivity index (χ2v) is 10.5. The van der Waals surface area contributed by atoms with Gasteiger partial charge in [0.25, 0.3) is 0 Å². The average molecular weight is 644 g/mol. The van der Waals surface area contributed by atoms with E-state index in [2.05, 4.69) is 35.9 Å². The van der Waals surface area contributed by atoms with Crippen molar-refractivity contribution in [1.29, 1.82) is 0 Å². The summed E-state index contributed by atoms with van der Waals surface area (Å²) >= 11 is 10.9. The first kappa shape index (κ1) is 27.9. The van der Waals surface area contributed by atoms with Crippen LogP contribution >= 0.6 is 38.9 Å². The number of nitrogens with zero attached hydrogens (tertiary/aromatic N) is 4. The Labute approximate surface area is 246 Å². The number of benzene rings is 2. The summed E-state index contributed by atoms with van der Waals surface area (Å²) in [6.45, 7) is 2.07. The van der Waals surface area contributed by atoms with Gasteiger partial charge in [-0.2, -0.15) is 0 Å². The number of rotatable bonds is 10. The van der Waals surface area contributed by atoms with Gasteiger partial charge in [0, 0.05) is 12.6 Å². The van der Waals surface area contributed by atoms with Crippen LogP contribution in [0.3, 0.4) is 0 Å². The van der Waals surface area contributed by atoms with Crippen LogP contribution in [0.1, 0.15) is 18.2 Å². The average Bonchev–Trinajstić information content (AvgIpc) is 3.30. The van der Waals surface area contributed by atoms with Crippen molar-refractivity contribution in [2.24, 2.45) is 0 Å². The molecule has 12 heteroatoms. The molecule has 40 heavy (non-hydrogen) atoms. The number of halogens is 3. The van der Waals surface area contributed by atoms with E-state index < -0.39 is 12.1 Å². The van der Waals surface area contributed by atoms with Crippen LogP contribution in [0.4, 0.5) is 4.39 Å². The number of aromatic nitrogens is 4. The first-order valence-corrected chi connectivity index (χ1v) is 14.1. The van der Waals surface area contributed by atoms with E-state index in [0.717, 1.165) is 16.0 Å². The fourth-order valence-corrected chi connectivity index (χ4v) is 6.06. The van der Waals surface area contributed by atoms with Gasteiger partial charge in [-0.05, 0) is 69.8 Å². The summed E-state index contributed by atoms with van der Waals surface area (Å²) < 4.78 is 31.7. The molecule has 0 fully saturated rings. The minimum absolute atomic E-state index is 0.128. The quantitative estimate of drug-likeness (QED) is 0.121. The maximum Gasteiger partial charge on any atom is 0.347 e. The van der Waals surface area contributed by atoms with Crippen LogP contribution in [-0.2, 0) is 22.6 Å². The molecule has 0 amide bonds. The van der Waals surface area contributed by atoms with Gasteiger partial charge in [-0.15, -0.1) is 11.3 Å². The van der Waals surface area contributed by atoms with Crippen LogP contribution in [0.2, 0.25) is 5.28 Å². The molecule has 0 radical (unpaired) electrons. The van der Waals surface area contributed by atoms with Crippen LogP contribution in [0.25, 0.3) is 20.7 Å². The van der Waals surface area contributed by atoms with Gasteiger partial charge in [-0.1, -0.05) is 30.3 Å². The lowest BCUT2D eigenvalue weighted by atomic mass is 10.1. The van der Waals surface area contributed by atoms with Gasteiger partial charge in [0.2, 0.25) is 17.3 Å².